The van der Waals surface area contributed by atoms with Crippen molar-refractivity contribution in [3.63, 3.8) is 0 Å². The van der Waals surface area contributed by atoms with Gasteiger partial charge in [-0.3, -0.25) is 5.21 Å². The van der Waals surface area contributed by atoms with E-state index in [1.807, 2.05) is 13.8 Å². The molecule has 0 bridgehead atoms. The Bertz CT molecular complexity index is 1850. The van der Waals surface area contributed by atoms with Crippen LogP contribution >= 0.6 is 0 Å². The van der Waals surface area contributed by atoms with Crippen LogP contribution in [0.3, 0.4) is 0 Å². The number of benzene rings is 2. The molecule has 4 atom stereocenters. The summed E-state index contributed by atoms with van der Waals surface area (Å²) in [5.41, 5.74) is 0.492. The second-order valence-electron chi connectivity index (χ2n) is 12.6. The van der Waals surface area contributed by atoms with E-state index in [2.05, 4.69) is 4.98 Å². The summed E-state index contributed by atoms with van der Waals surface area (Å²) in [6.07, 6.45) is -1.74. The van der Waals surface area contributed by atoms with Gasteiger partial charge in [-0.05, 0) is 55.0 Å². The van der Waals surface area contributed by atoms with E-state index in [1.165, 1.54) is 46.8 Å². The number of aromatic nitrogens is 1. The predicted octanol–water partition coefficient (Wildman–Crippen LogP) is 5.40. The number of hydrogen-bond donors (Lipinski definition) is 1. The number of pyridine rings is 1. The quantitative estimate of drug-likeness (QED) is 0.104. The highest BCUT2D eigenvalue weighted by atomic mass is 32.2. The van der Waals surface area contributed by atoms with Crippen molar-refractivity contribution < 1.29 is 64.4 Å². The number of fused-ring (bicyclic) bond motifs is 2. The number of rotatable bonds is 13. The molecule has 0 radical (unpaired) electrons. The molecule has 0 spiro atoms. The maximum Gasteiger partial charge on any atom is 0.434 e. The van der Waals surface area contributed by atoms with Gasteiger partial charge in [0.25, 0.3) is 11.8 Å². The third kappa shape index (κ3) is 7.99. The SMILES string of the molecule is CC(C)CN(CCC(Cc1ccc(Oc2nc(F)c(F)c(F)c2F)cc1)N(O)C(=O)OC1COC2OCCC12)S(=O)(=O)c1ccc2c(c1)OCO2. The van der Waals surface area contributed by atoms with Crippen LogP contribution in [0.1, 0.15) is 32.3 Å². The topological polar surface area (TPSA) is 146 Å². The molecule has 276 valence electrons. The molecule has 13 nitrogen and oxygen atoms in total. The summed E-state index contributed by atoms with van der Waals surface area (Å²) in [5, 5.41) is 11.6. The van der Waals surface area contributed by atoms with Gasteiger partial charge in [-0.2, -0.15) is 27.5 Å². The molecule has 2 saturated heterocycles. The molecular formula is C33H35F4N3O10S. The Balaban J connectivity index is 1.21. The Kier molecular flexibility index (Phi) is 10.9. The third-order valence-corrected chi connectivity index (χ3v) is 10.5. The Hall–Kier alpha value is -4.23. The van der Waals surface area contributed by atoms with Gasteiger partial charge in [-0.15, -0.1) is 0 Å². The van der Waals surface area contributed by atoms with Crippen LogP contribution in [-0.4, -0.2) is 85.6 Å². The molecule has 1 aromatic heterocycles. The van der Waals surface area contributed by atoms with Gasteiger partial charge in [0.15, 0.2) is 17.8 Å². The van der Waals surface area contributed by atoms with Crippen LogP contribution in [0.2, 0.25) is 0 Å². The zero-order valence-corrected chi connectivity index (χ0v) is 28.3. The van der Waals surface area contributed by atoms with Crippen LogP contribution < -0.4 is 14.2 Å². The highest BCUT2D eigenvalue weighted by Crippen LogP contribution is 2.36. The van der Waals surface area contributed by atoms with E-state index in [4.69, 9.17) is 28.4 Å². The average Bonchev–Trinajstić information content (AvgIpc) is 3.86. The number of hydrogen-bond acceptors (Lipinski definition) is 11. The highest BCUT2D eigenvalue weighted by molar-refractivity contribution is 7.89. The second kappa shape index (κ2) is 15.2. The maximum absolute atomic E-state index is 14.1. The maximum atomic E-state index is 14.1. The molecule has 3 aliphatic rings. The van der Waals surface area contributed by atoms with Gasteiger partial charge in [0.2, 0.25) is 34.3 Å². The van der Waals surface area contributed by atoms with E-state index in [-0.39, 0.29) is 67.6 Å². The summed E-state index contributed by atoms with van der Waals surface area (Å²) >= 11 is 0. The fourth-order valence-corrected chi connectivity index (χ4v) is 7.63. The van der Waals surface area contributed by atoms with Crippen molar-refractivity contribution >= 4 is 16.1 Å². The summed E-state index contributed by atoms with van der Waals surface area (Å²) in [7, 11) is -4.09. The number of sulfonamides is 1. The van der Waals surface area contributed by atoms with Crippen molar-refractivity contribution in [1.82, 2.24) is 14.4 Å². The first-order valence-corrected chi connectivity index (χ1v) is 17.5. The lowest BCUT2D eigenvalue weighted by Gasteiger charge is -2.30. The minimum absolute atomic E-state index is 0.0267. The van der Waals surface area contributed by atoms with Gasteiger partial charge >= 0.3 is 6.09 Å². The van der Waals surface area contributed by atoms with Gasteiger partial charge in [0, 0.05) is 19.2 Å². The molecule has 6 rings (SSSR count). The van der Waals surface area contributed by atoms with Gasteiger partial charge < -0.3 is 28.4 Å². The van der Waals surface area contributed by atoms with E-state index >= 15 is 0 Å². The molecule has 1 amide bonds. The zero-order valence-electron chi connectivity index (χ0n) is 27.5. The zero-order chi connectivity index (χ0) is 36.4. The molecular weight excluding hydrogens is 706 g/mol. The minimum atomic E-state index is -4.09. The van der Waals surface area contributed by atoms with Gasteiger partial charge in [0.05, 0.1) is 30.1 Å². The Morgan fingerprint density at radius 1 is 1.02 bits per heavy atom. The summed E-state index contributed by atoms with van der Waals surface area (Å²) < 4.78 is 116. The molecule has 3 aromatic rings. The molecule has 51 heavy (non-hydrogen) atoms. The van der Waals surface area contributed by atoms with Crippen LogP contribution in [0.15, 0.2) is 47.4 Å². The lowest BCUT2D eigenvalue weighted by molar-refractivity contribution is -0.116. The van der Waals surface area contributed by atoms with Gasteiger partial charge in [0.1, 0.15) is 11.9 Å². The summed E-state index contributed by atoms with van der Waals surface area (Å²) in [6.45, 7) is 4.16. The van der Waals surface area contributed by atoms with E-state index in [0.29, 0.717) is 29.4 Å². The van der Waals surface area contributed by atoms with E-state index in [0.717, 1.165) is 0 Å². The smallest absolute Gasteiger partial charge is 0.434 e. The fourth-order valence-electron chi connectivity index (χ4n) is 6.00. The molecule has 3 aliphatic heterocycles. The molecule has 2 aromatic carbocycles. The molecule has 4 unspecified atom stereocenters. The number of halogens is 4. The highest BCUT2D eigenvalue weighted by Gasteiger charge is 2.45. The Labute approximate surface area is 290 Å². The van der Waals surface area contributed by atoms with Crippen molar-refractivity contribution in [2.45, 2.75) is 56.4 Å². The van der Waals surface area contributed by atoms with Crippen LogP contribution in [0.5, 0.6) is 23.1 Å². The largest absolute Gasteiger partial charge is 0.454 e. The van der Waals surface area contributed by atoms with Crippen molar-refractivity contribution in [2.75, 3.05) is 33.1 Å². The molecule has 0 saturated carbocycles. The first kappa shape index (κ1) is 36.6. The number of hydroxylamine groups is 2. The average molecular weight is 742 g/mol. The van der Waals surface area contributed by atoms with Crippen molar-refractivity contribution in [2.24, 2.45) is 11.8 Å². The van der Waals surface area contributed by atoms with Gasteiger partial charge in [-0.1, -0.05) is 26.0 Å². The standard InChI is InChI=1S/C33H35F4N3O10S/c1-18(2)15-39(51(43,44)22-7-8-24-25(14-22)48-17-47-24)11-9-20(40(42)33(41)50-26-16-46-32-23(26)10-12-45-32)13-19-3-5-21(6-4-19)49-31-29(36)27(34)28(35)30(37)38-31/h3-8,14,18,20,23,26,32,42H,9-13,15-17H2,1-2H3. The van der Waals surface area contributed by atoms with Crippen molar-refractivity contribution in [1.29, 1.82) is 0 Å². The van der Waals surface area contributed by atoms with Crippen LogP contribution in [-0.2, 0) is 30.7 Å². The molecule has 1 N–H and O–H groups in total. The normalized spacial score (nSPS) is 20.1. The number of carbonyl (C=O) groups excluding carboxylic acids is 1. The van der Waals surface area contributed by atoms with E-state index in [1.54, 1.807) is 0 Å². The third-order valence-electron chi connectivity index (χ3n) is 8.60. The molecule has 2 fully saturated rings. The van der Waals surface area contributed by atoms with Gasteiger partial charge in [-0.25, -0.2) is 17.6 Å². The predicted molar refractivity (Wildman–Crippen MR) is 167 cm³/mol. The fraction of sp³-hybridized carbons (Fsp3) is 0.455. The first-order chi connectivity index (χ1) is 24.3. The summed E-state index contributed by atoms with van der Waals surface area (Å²) in [6, 6.07) is 8.80. The van der Waals surface area contributed by atoms with E-state index in [9.17, 15) is 36.0 Å². The lowest BCUT2D eigenvalue weighted by Crippen LogP contribution is -2.44. The molecule has 18 heteroatoms. The van der Waals surface area contributed by atoms with Crippen molar-refractivity contribution in [3.8, 4) is 23.1 Å². The monoisotopic (exact) mass is 741 g/mol. The first-order valence-electron chi connectivity index (χ1n) is 16.1. The Morgan fingerprint density at radius 3 is 2.51 bits per heavy atom. The number of carbonyl (C=O) groups is 1. The van der Waals surface area contributed by atoms with E-state index < -0.39 is 63.8 Å². The van der Waals surface area contributed by atoms with Crippen LogP contribution in [0, 0.1) is 35.2 Å². The van der Waals surface area contributed by atoms with Crippen LogP contribution in [0.25, 0.3) is 0 Å². The second-order valence-corrected chi connectivity index (χ2v) is 14.5. The number of ether oxygens (including phenoxy) is 6. The molecule has 0 aliphatic carbocycles. The Morgan fingerprint density at radius 2 is 1.76 bits per heavy atom. The van der Waals surface area contributed by atoms with Crippen LogP contribution in [0.4, 0.5) is 22.4 Å². The number of nitrogens with zero attached hydrogens (tertiary/aromatic N) is 3. The lowest BCUT2D eigenvalue weighted by atomic mass is 10.0. The number of amides is 1. The summed E-state index contributed by atoms with van der Waals surface area (Å²) in [4.78, 5) is 16.2. The summed E-state index contributed by atoms with van der Waals surface area (Å²) in [5.74, 6) is -8.71. The van der Waals surface area contributed by atoms with Crippen molar-refractivity contribution in [3.05, 3.63) is 71.4 Å². The molecule has 4 heterocycles. The minimum Gasteiger partial charge on any atom is -0.454 e.